The molecule has 9 nitrogen and oxygen atoms in total. The average molecular weight is 564 g/mol. The van der Waals surface area contributed by atoms with E-state index in [1.807, 2.05) is 32.0 Å². The van der Waals surface area contributed by atoms with Gasteiger partial charge in [0.25, 0.3) is 15.9 Å². The van der Waals surface area contributed by atoms with E-state index in [0.717, 1.165) is 29.7 Å². The normalized spacial score (nSPS) is 19.4. The number of hydrogen-bond acceptors (Lipinski definition) is 7. The van der Waals surface area contributed by atoms with Crippen LogP contribution in [0.25, 0.3) is 11.3 Å². The van der Waals surface area contributed by atoms with Crippen molar-refractivity contribution in [3.8, 4) is 17.1 Å². The summed E-state index contributed by atoms with van der Waals surface area (Å²) in [4.78, 5) is 26.8. The first kappa shape index (κ1) is 28.0. The van der Waals surface area contributed by atoms with E-state index in [-0.39, 0.29) is 34.1 Å². The third-order valence-corrected chi connectivity index (χ3v) is 8.71. The molecule has 1 unspecified atom stereocenters. The Morgan fingerprint density at radius 3 is 2.45 bits per heavy atom. The number of aryl methyl sites for hydroxylation is 2. The van der Waals surface area contributed by atoms with Crippen LogP contribution in [0.4, 0.5) is 5.95 Å². The first-order chi connectivity index (χ1) is 18.9. The summed E-state index contributed by atoms with van der Waals surface area (Å²) in [5.74, 6) is -0.0517. The fourth-order valence-corrected chi connectivity index (χ4v) is 6.19. The minimum absolute atomic E-state index is 0.0284. The van der Waals surface area contributed by atoms with E-state index in [1.54, 1.807) is 23.1 Å². The number of nitrogens with zero attached hydrogens (tertiary/aromatic N) is 4. The third kappa shape index (κ3) is 6.28. The number of aromatic nitrogens is 2. The van der Waals surface area contributed by atoms with Crippen molar-refractivity contribution in [2.45, 2.75) is 52.0 Å². The highest BCUT2D eigenvalue weighted by Gasteiger charge is 2.30. The molecule has 40 heavy (non-hydrogen) atoms. The van der Waals surface area contributed by atoms with Gasteiger partial charge in [0, 0.05) is 36.8 Å². The fourth-order valence-electron chi connectivity index (χ4n) is 5.20. The lowest BCUT2D eigenvalue weighted by Crippen LogP contribution is -2.40. The van der Waals surface area contributed by atoms with Gasteiger partial charge in [-0.3, -0.25) is 9.69 Å². The number of carbonyl (C=O) groups is 1. The summed E-state index contributed by atoms with van der Waals surface area (Å²) in [6.07, 6.45) is 0.631. The summed E-state index contributed by atoms with van der Waals surface area (Å²) in [6.45, 7) is 13.7. The highest BCUT2D eigenvalue weighted by molar-refractivity contribution is 7.92. The number of nitrogens with one attached hydrogen (secondary N) is 1. The monoisotopic (exact) mass is 563 g/mol. The van der Waals surface area contributed by atoms with Crippen molar-refractivity contribution in [2.75, 3.05) is 37.4 Å². The zero-order chi connectivity index (χ0) is 28.7. The Bertz CT molecular complexity index is 1510. The third-order valence-electron chi connectivity index (χ3n) is 7.38. The Morgan fingerprint density at radius 2 is 1.73 bits per heavy atom. The summed E-state index contributed by atoms with van der Waals surface area (Å²) in [5, 5.41) is 0. The molecule has 0 spiro atoms. The zero-order valence-electron chi connectivity index (χ0n) is 23.8. The second-order valence-electron chi connectivity index (χ2n) is 11.9. The van der Waals surface area contributed by atoms with Gasteiger partial charge in [-0.2, -0.15) is 4.98 Å². The van der Waals surface area contributed by atoms with Crippen molar-refractivity contribution in [1.29, 1.82) is 0 Å². The number of rotatable bonds is 3. The van der Waals surface area contributed by atoms with Gasteiger partial charge in [0.1, 0.15) is 6.10 Å². The molecule has 1 N–H and O–H groups in total. The maximum Gasteiger partial charge on any atom is 0.264 e. The van der Waals surface area contributed by atoms with E-state index in [2.05, 4.69) is 40.4 Å². The van der Waals surface area contributed by atoms with Crippen molar-refractivity contribution >= 4 is 21.9 Å². The molecule has 1 aromatic heterocycles. The predicted octanol–water partition coefficient (Wildman–Crippen LogP) is 4.52. The van der Waals surface area contributed by atoms with Gasteiger partial charge >= 0.3 is 0 Å². The summed E-state index contributed by atoms with van der Waals surface area (Å²) in [6, 6.07) is 13.8. The van der Waals surface area contributed by atoms with Gasteiger partial charge in [-0.05, 0) is 61.6 Å². The molecule has 1 atom stereocenters. The van der Waals surface area contributed by atoms with Crippen molar-refractivity contribution in [2.24, 2.45) is 5.41 Å². The molecule has 2 aliphatic heterocycles. The van der Waals surface area contributed by atoms with Crippen molar-refractivity contribution in [3.63, 3.8) is 0 Å². The lowest BCUT2D eigenvalue weighted by Gasteiger charge is -2.27. The van der Waals surface area contributed by atoms with Crippen LogP contribution in [0.2, 0.25) is 0 Å². The molecule has 0 radical (unpaired) electrons. The molecular weight excluding hydrogens is 526 g/mol. The second kappa shape index (κ2) is 10.8. The van der Waals surface area contributed by atoms with Gasteiger partial charge in [-0.15, -0.1) is 0 Å². The molecule has 1 fully saturated rings. The van der Waals surface area contributed by atoms with E-state index >= 15 is 0 Å². The quantitative estimate of drug-likeness (QED) is 0.500. The van der Waals surface area contributed by atoms with E-state index in [9.17, 15) is 13.2 Å². The molecule has 3 heterocycles. The Balaban J connectivity index is 1.62. The minimum atomic E-state index is -4.07. The van der Waals surface area contributed by atoms with Crippen molar-refractivity contribution in [1.82, 2.24) is 19.8 Å². The van der Waals surface area contributed by atoms with Crippen LogP contribution in [0.5, 0.6) is 5.88 Å². The maximum absolute atomic E-state index is 13.6. The van der Waals surface area contributed by atoms with Crippen molar-refractivity contribution < 1.29 is 17.9 Å². The lowest BCUT2D eigenvalue weighted by molar-refractivity contribution is 0.0690. The highest BCUT2D eigenvalue weighted by Crippen LogP contribution is 2.30. The summed E-state index contributed by atoms with van der Waals surface area (Å²) >= 11 is 0. The van der Waals surface area contributed by atoms with Gasteiger partial charge in [-0.25, -0.2) is 18.1 Å². The van der Waals surface area contributed by atoms with Crippen LogP contribution >= 0.6 is 0 Å². The number of fused-ring (bicyclic) bond motifs is 6. The van der Waals surface area contributed by atoms with Crippen LogP contribution in [0.3, 0.4) is 0 Å². The molecule has 6 bridgehead atoms. The van der Waals surface area contributed by atoms with E-state index in [0.29, 0.717) is 37.4 Å². The molecule has 2 aliphatic rings. The minimum Gasteiger partial charge on any atom is -0.471 e. The molecule has 212 valence electrons. The Hall–Kier alpha value is -3.50. The smallest absolute Gasteiger partial charge is 0.264 e. The molecule has 5 rings (SSSR count). The van der Waals surface area contributed by atoms with Gasteiger partial charge in [0.15, 0.2) is 0 Å². The molecule has 2 aromatic carbocycles. The number of sulfonamides is 1. The van der Waals surface area contributed by atoms with Crippen LogP contribution in [-0.2, 0) is 10.0 Å². The SMILES string of the molecule is Cc1cccc(C)c1-c1cc2nc(n1)NS(=O)(=O)c1cccc(c1)C(=O)N1CCN(CCC(C)(C)C)CC(C1)O2. The van der Waals surface area contributed by atoms with Crippen molar-refractivity contribution in [3.05, 3.63) is 65.2 Å². The van der Waals surface area contributed by atoms with Crippen LogP contribution in [-0.4, -0.2) is 72.9 Å². The molecular formula is C30H37N5O4S. The number of amides is 1. The van der Waals surface area contributed by atoms with E-state index < -0.39 is 10.0 Å². The summed E-state index contributed by atoms with van der Waals surface area (Å²) < 4.78 is 35.8. The zero-order valence-corrected chi connectivity index (χ0v) is 24.6. The van der Waals surface area contributed by atoms with Crippen LogP contribution in [0.15, 0.2) is 53.4 Å². The average Bonchev–Trinajstić information content (AvgIpc) is 3.08. The van der Waals surface area contributed by atoms with Crippen LogP contribution in [0, 0.1) is 19.3 Å². The first-order valence-electron chi connectivity index (χ1n) is 13.6. The Morgan fingerprint density at radius 1 is 1.00 bits per heavy atom. The molecule has 0 saturated carbocycles. The second-order valence-corrected chi connectivity index (χ2v) is 13.6. The number of benzene rings is 2. The summed E-state index contributed by atoms with van der Waals surface area (Å²) in [7, 11) is -4.07. The number of anilines is 1. The number of carbonyl (C=O) groups excluding carboxylic acids is 1. The van der Waals surface area contributed by atoms with E-state index in [4.69, 9.17) is 4.74 Å². The van der Waals surface area contributed by atoms with Crippen LogP contribution in [0.1, 0.15) is 48.7 Å². The van der Waals surface area contributed by atoms with Gasteiger partial charge in [0.2, 0.25) is 11.8 Å². The Labute approximate surface area is 236 Å². The van der Waals surface area contributed by atoms with Gasteiger partial charge in [0.05, 0.1) is 17.1 Å². The molecule has 3 aromatic rings. The largest absolute Gasteiger partial charge is 0.471 e. The topological polar surface area (TPSA) is 105 Å². The Kier molecular flexibility index (Phi) is 7.58. The summed E-state index contributed by atoms with van der Waals surface area (Å²) in [5.41, 5.74) is 3.95. The molecule has 1 saturated heterocycles. The van der Waals surface area contributed by atoms with Crippen LogP contribution < -0.4 is 9.46 Å². The molecule has 0 aliphatic carbocycles. The maximum atomic E-state index is 13.6. The standard InChI is InChI=1S/C30H37N5O4S/c1-20-8-6-9-21(2)27(20)25-17-26-32-29(31-25)33-40(37,38)24-11-7-10-22(16-24)28(36)35-15-14-34(13-12-30(3,4)5)18-23(19-35)39-26/h6-11,16-17,23H,12-15,18-19H2,1-5H3,(H,31,32,33). The number of hydrogen-bond donors (Lipinski definition) is 1. The van der Waals surface area contributed by atoms with E-state index in [1.165, 1.54) is 12.1 Å². The first-order valence-corrected chi connectivity index (χ1v) is 15.1. The van der Waals surface area contributed by atoms with Gasteiger partial charge in [-0.1, -0.05) is 45.0 Å². The highest BCUT2D eigenvalue weighted by atomic mass is 32.2. The van der Waals surface area contributed by atoms with Gasteiger partial charge < -0.3 is 9.64 Å². The molecule has 1 amide bonds. The number of ether oxygens (including phenoxy) is 1. The fraction of sp³-hybridized carbons (Fsp3) is 0.433. The lowest BCUT2D eigenvalue weighted by atomic mass is 9.92. The predicted molar refractivity (Wildman–Crippen MR) is 155 cm³/mol. The molecule has 10 heteroatoms.